The Bertz CT molecular complexity index is 601. The van der Waals surface area contributed by atoms with Crippen LogP contribution in [0.5, 0.6) is 0 Å². The molecule has 1 N–H and O–H groups in total. The van der Waals surface area contributed by atoms with Crippen molar-refractivity contribution in [2.75, 3.05) is 5.32 Å². The van der Waals surface area contributed by atoms with Crippen molar-refractivity contribution in [2.24, 2.45) is 0 Å². The average molecular weight is 258 g/mol. The molecule has 2 rings (SSSR count). The van der Waals surface area contributed by atoms with E-state index in [0.717, 1.165) is 11.4 Å². The second-order valence-electron chi connectivity index (χ2n) is 4.85. The zero-order valence-electron chi connectivity index (χ0n) is 11.6. The van der Waals surface area contributed by atoms with Crippen LogP contribution in [0.15, 0.2) is 24.3 Å². The summed E-state index contributed by atoms with van der Waals surface area (Å²) in [6, 6.07) is 7.50. The van der Waals surface area contributed by atoms with Crippen LogP contribution in [0.25, 0.3) is 0 Å². The topological polar surface area (TPSA) is 59.8 Å². The number of hydrogen-bond donors (Lipinski definition) is 1. The van der Waals surface area contributed by atoms with E-state index < -0.39 is 0 Å². The molecule has 0 bridgehead atoms. The lowest BCUT2D eigenvalue weighted by Gasteiger charge is -2.10. The number of aromatic nitrogens is 3. The van der Waals surface area contributed by atoms with E-state index in [0.29, 0.717) is 11.5 Å². The van der Waals surface area contributed by atoms with Gasteiger partial charge in [-0.2, -0.15) is 9.78 Å². The SMILES string of the molecule is Cc1cc(C)n(C(=O)c2cccc(NC(C)C)n2)n1. The molecule has 0 spiro atoms. The molecule has 0 saturated carbocycles. The molecule has 0 aliphatic carbocycles. The lowest BCUT2D eigenvalue weighted by Crippen LogP contribution is -2.18. The molecule has 0 aliphatic rings. The molecule has 0 atom stereocenters. The summed E-state index contributed by atoms with van der Waals surface area (Å²) in [5.41, 5.74) is 2.02. The van der Waals surface area contributed by atoms with Gasteiger partial charge in [0.2, 0.25) is 0 Å². The van der Waals surface area contributed by atoms with E-state index in [4.69, 9.17) is 0 Å². The Labute approximate surface area is 112 Å². The molecule has 19 heavy (non-hydrogen) atoms. The predicted molar refractivity (Wildman–Crippen MR) is 74.4 cm³/mol. The summed E-state index contributed by atoms with van der Waals surface area (Å²) < 4.78 is 1.39. The summed E-state index contributed by atoms with van der Waals surface area (Å²) >= 11 is 0. The Morgan fingerprint density at radius 1 is 1.32 bits per heavy atom. The second-order valence-corrected chi connectivity index (χ2v) is 4.85. The molecule has 2 aromatic rings. The number of anilines is 1. The fourth-order valence-electron chi connectivity index (χ4n) is 1.87. The molecule has 0 fully saturated rings. The number of carbonyl (C=O) groups is 1. The summed E-state index contributed by atoms with van der Waals surface area (Å²) in [6.45, 7) is 7.77. The van der Waals surface area contributed by atoms with Gasteiger partial charge >= 0.3 is 0 Å². The van der Waals surface area contributed by atoms with E-state index in [1.807, 2.05) is 45.9 Å². The van der Waals surface area contributed by atoms with Crippen molar-refractivity contribution >= 4 is 11.7 Å². The van der Waals surface area contributed by atoms with Crippen LogP contribution >= 0.6 is 0 Å². The highest BCUT2D eigenvalue weighted by atomic mass is 16.2. The molecule has 5 heteroatoms. The van der Waals surface area contributed by atoms with Crippen molar-refractivity contribution < 1.29 is 4.79 Å². The Morgan fingerprint density at radius 2 is 2.05 bits per heavy atom. The lowest BCUT2D eigenvalue weighted by atomic mass is 10.3. The number of nitrogens with zero attached hydrogens (tertiary/aromatic N) is 3. The molecule has 0 amide bonds. The molecular weight excluding hydrogens is 240 g/mol. The Kier molecular flexibility index (Phi) is 3.64. The van der Waals surface area contributed by atoms with Gasteiger partial charge in [0.15, 0.2) is 0 Å². The normalized spacial score (nSPS) is 10.8. The number of pyridine rings is 1. The molecule has 0 radical (unpaired) electrons. The number of nitrogens with one attached hydrogen (secondary N) is 1. The highest BCUT2D eigenvalue weighted by molar-refractivity contribution is 5.94. The fraction of sp³-hybridized carbons (Fsp3) is 0.357. The van der Waals surface area contributed by atoms with Gasteiger partial charge in [0.25, 0.3) is 5.91 Å². The monoisotopic (exact) mass is 258 g/mol. The van der Waals surface area contributed by atoms with Crippen LogP contribution in [0.4, 0.5) is 5.82 Å². The third-order valence-corrected chi connectivity index (χ3v) is 2.61. The van der Waals surface area contributed by atoms with Crippen molar-refractivity contribution in [3.05, 3.63) is 41.3 Å². The fourth-order valence-corrected chi connectivity index (χ4v) is 1.87. The van der Waals surface area contributed by atoms with Crippen LogP contribution in [-0.2, 0) is 0 Å². The molecule has 2 aromatic heterocycles. The van der Waals surface area contributed by atoms with Crippen molar-refractivity contribution in [2.45, 2.75) is 33.7 Å². The predicted octanol–water partition coefficient (Wildman–Crippen LogP) is 2.40. The Hall–Kier alpha value is -2.17. The average Bonchev–Trinajstić information content (AvgIpc) is 2.67. The molecule has 100 valence electrons. The number of aryl methyl sites for hydroxylation is 2. The van der Waals surface area contributed by atoms with E-state index in [1.54, 1.807) is 6.07 Å². The summed E-state index contributed by atoms with van der Waals surface area (Å²) in [5, 5.41) is 7.36. The third-order valence-electron chi connectivity index (χ3n) is 2.61. The highest BCUT2D eigenvalue weighted by Crippen LogP contribution is 2.10. The molecule has 5 nitrogen and oxygen atoms in total. The van der Waals surface area contributed by atoms with Gasteiger partial charge in [0.05, 0.1) is 5.69 Å². The minimum absolute atomic E-state index is 0.210. The zero-order valence-corrected chi connectivity index (χ0v) is 11.6. The molecule has 0 aliphatic heterocycles. The standard InChI is InChI=1S/C14H18N4O/c1-9(2)15-13-7-5-6-12(16-13)14(19)18-11(4)8-10(3)17-18/h5-9H,1-4H3,(H,15,16). The van der Waals surface area contributed by atoms with E-state index in [-0.39, 0.29) is 11.9 Å². The smallest absolute Gasteiger partial charge is 0.297 e. The number of hydrogen-bond acceptors (Lipinski definition) is 4. The largest absolute Gasteiger partial charge is 0.368 e. The van der Waals surface area contributed by atoms with Gasteiger partial charge in [-0.25, -0.2) is 4.98 Å². The van der Waals surface area contributed by atoms with Gasteiger partial charge in [0.1, 0.15) is 11.5 Å². The van der Waals surface area contributed by atoms with Crippen LogP contribution < -0.4 is 5.32 Å². The van der Waals surface area contributed by atoms with Crippen LogP contribution in [0.3, 0.4) is 0 Å². The summed E-state index contributed by atoms with van der Waals surface area (Å²) in [7, 11) is 0. The summed E-state index contributed by atoms with van der Waals surface area (Å²) in [6.07, 6.45) is 0. The first-order chi connectivity index (χ1) is 8.97. The first-order valence-electron chi connectivity index (χ1n) is 6.29. The molecule has 0 unspecified atom stereocenters. The Balaban J connectivity index is 2.31. The van der Waals surface area contributed by atoms with Gasteiger partial charge < -0.3 is 5.32 Å². The van der Waals surface area contributed by atoms with Gasteiger partial charge in [-0.15, -0.1) is 0 Å². The first-order valence-corrected chi connectivity index (χ1v) is 6.29. The maximum Gasteiger partial charge on any atom is 0.297 e. The minimum atomic E-state index is -0.210. The number of rotatable bonds is 3. The highest BCUT2D eigenvalue weighted by Gasteiger charge is 2.14. The first kappa shape index (κ1) is 13.3. The van der Waals surface area contributed by atoms with Gasteiger partial charge in [-0.3, -0.25) is 4.79 Å². The van der Waals surface area contributed by atoms with E-state index in [9.17, 15) is 4.79 Å². The van der Waals surface area contributed by atoms with E-state index >= 15 is 0 Å². The molecular formula is C14H18N4O. The second kappa shape index (κ2) is 5.22. The van der Waals surface area contributed by atoms with Crippen molar-refractivity contribution in [3.63, 3.8) is 0 Å². The number of carbonyl (C=O) groups excluding carboxylic acids is 1. The lowest BCUT2D eigenvalue weighted by molar-refractivity contribution is 0.0937. The van der Waals surface area contributed by atoms with Crippen LogP contribution in [0.2, 0.25) is 0 Å². The van der Waals surface area contributed by atoms with Crippen LogP contribution in [0, 0.1) is 13.8 Å². The third kappa shape index (κ3) is 2.99. The van der Waals surface area contributed by atoms with Crippen molar-refractivity contribution in [1.29, 1.82) is 0 Å². The van der Waals surface area contributed by atoms with Gasteiger partial charge in [0, 0.05) is 11.7 Å². The molecule has 2 heterocycles. The zero-order chi connectivity index (χ0) is 14.0. The minimum Gasteiger partial charge on any atom is -0.368 e. The van der Waals surface area contributed by atoms with Crippen molar-refractivity contribution in [3.8, 4) is 0 Å². The molecule has 0 saturated heterocycles. The van der Waals surface area contributed by atoms with E-state index in [2.05, 4.69) is 15.4 Å². The quantitative estimate of drug-likeness (QED) is 0.918. The maximum absolute atomic E-state index is 12.3. The summed E-state index contributed by atoms with van der Waals surface area (Å²) in [4.78, 5) is 16.6. The molecule has 0 aromatic carbocycles. The van der Waals surface area contributed by atoms with Crippen molar-refractivity contribution in [1.82, 2.24) is 14.8 Å². The Morgan fingerprint density at radius 3 is 2.63 bits per heavy atom. The van der Waals surface area contributed by atoms with Crippen LogP contribution in [-0.4, -0.2) is 26.7 Å². The van der Waals surface area contributed by atoms with Crippen LogP contribution in [0.1, 0.15) is 35.7 Å². The van der Waals surface area contributed by atoms with Gasteiger partial charge in [-0.1, -0.05) is 6.07 Å². The van der Waals surface area contributed by atoms with Gasteiger partial charge in [-0.05, 0) is 45.9 Å². The van der Waals surface area contributed by atoms with E-state index in [1.165, 1.54) is 4.68 Å². The summed E-state index contributed by atoms with van der Waals surface area (Å²) in [5.74, 6) is 0.486. The maximum atomic E-state index is 12.3.